The van der Waals surface area contributed by atoms with Gasteiger partial charge in [-0.05, 0) is 43.7 Å². The Kier molecular flexibility index (Phi) is 6.01. The molecule has 1 aromatic heterocycles. The van der Waals surface area contributed by atoms with E-state index in [9.17, 15) is 4.79 Å². The Morgan fingerprint density at radius 1 is 1.11 bits per heavy atom. The number of nitrogens with two attached hydrogens (primary N) is 1. The van der Waals surface area contributed by atoms with Gasteiger partial charge in [0.15, 0.2) is 11.6 Å². The third kappa shape index (κ3) is 5.14. The second kappa shape index (κ2) is 8.63. The number of hydrogen-bond acceptors (Lipinski definition) is 4. The number of anilines is 3. The van der Waals surface area contributed by atoms with Crippen LogP contribution < -0.4 is 21.1 Å². The number of carbonyl (C=O) groups is 1. The standard InChI is InChI=1S/C21H21ClN4O2/c1-13-6-8-17(9-7-13)25-21(27)26-18-5-3-4-15(10-18)14(2)28-19-11-16(22)12-24-20(19)23/h3-12,14H,1-2H3,(H2,23,24)(H2,25,26,27). The molecule has 4 N–H and O–H groups in total. The largest absolute Gasteiger partial charge is 0.482 e. The highest BCUT2D eigenvalue weighted by molar-refractivity contribution is 6.30. The van der Waals surface area contributed by atoms with Gasteiger partial charge in [-0.3, -0.25) is 0 Å². The first-order valence-corrected chi connectivity index (χ1v) is 9.11. The van der Waals surface area contributed by atoms with Crippen LogP contribution in [0.2, 0.25) is 5.02 Å². The summed E-state index contributed by atoms with van der Waals surface area (Å²) in [6.07, 6.45) is 1.15. The summed E-state index contributed by atoms with van der Waals surface area (Å²) in [7, 11) is 0. The lowest BCUT2D eigenvalue weighted by atomic mass is 10.1. The van der Waals surface area contributed by atoms with E-state index in [2.05, 4.69) is 15.6 Å². The molecule has 0 radical (unpaired) electrons. The average Bonchev–Trinajstić information content (AvgIpc) is 2.66. The van der Waals surface area contributed by atoms with Crippen molar-refractivity contribution in [3.05, 3.63) is 76.9 Å². The highest BCUT2D eigenvalue weighted by Gasteiger charge is 2.12. The van der Waals surface area contributed by atoms with Crippen molar-refractivity contribution in [3.63, 3.8) is 0 Å². The molecule has 0 saturated heterocycles. The highest BCUT2D eigenvalue weighted by atomic mass is 35.5. The smallest absolute Gasteiger partial charge is 0.323 e. The summed E-state index contributed by atoms with van der Waals surface area (Å²) in [4.78, 5) is 16.2. The number of carbonyl (C=O) groups excluding carboxylic acids is 1. The fourth-order valence-electron chi connectivity index (χ4n) is 2.58. The fourth-order valence-corrected chi connectivity index (χ4v) is 2.73. The number of benzene rings is 2. The second-order valence-electron chi connectivity index (χ2n) is 6.37. The average molecular weight is 397 g/mol. The zero-order chi connectivity index (χ0) is 20.1. The number of aryl methyl sites for hydroxylation is 1. The van der Waals surface area contributed by atoms with Crippen LogP contribution in [0, 0.1) is 6.92 Å². The molecule has 7 heteroatoms. The predicted octanol–water partition coefficient (Wildman–Crippen LogP) is 5.41. The highest BCUT2D eigenvalue weighted by Crippen LogP contribution is 2.29. The summed E-state index contributed by atoms with van der Waals surface area (Å²) < 4.78 is 5.88. The van der Waals surface area contributed by atoms with Crippen LogP contribution in [0.4, 0.5) is 22.0 Å². The Balaban J connectivity index is 1.66. The molecule has 1 atom stereocenters. The van der Waals surface area contributed by atoms with Crippen LogP contribution >= 0.6 is 11.6 Å². The number of pyridine rings is 1. The first-order valence-electron chi connectivity index (χ1n) is 8.73. The van der Waals surface area contributed by atoms with E-state index in [-0.39, 0.29) is 18.0 Å². The summed E-state index contributed by atoms with van der Waals surface area (Å²) in [5.41, 5.74) is 9.20. The Hall–Kier alpha value is -3.25. The molecule has 2 amide bonds. The molecule has 1 heterocycles. The lowest BCUT2D eigenvalue weighted by molar-refractivity contribution is 0.227. The summed E-state index contributed by atoms with van der Waals surface area (Å²) in [5, 5.41) is 6.06. The van der Waals surface area contributed by atoms with Crippen LogP contribution in [0.25, 0.3) is 0 Å². The molecular weight excluding hydrogens is 376 g/mol. The van der Waals surface area contributed by atoms with E-state index >= 15 is 0 Å². The maximum Gasteiger partial charge on any atom is 0.323 e. The van der Waals surface area contributed by atoms with E-state index in [1.165, 1.54) is 6.20 Å². The SMILES string of the molecule is Cc1ccc(NC(=O)Nc2cccc(C(C)Oc3cc(Cl)cnc3N)c2)cc1. The minimum Gasteiger partial charge on any atom is -0.482 e. The fraction of sp³-hybridized carbons (Fsp3) is 0.143. The van der Waals surface area contributed by atoms with Gasteiger partial charge >= 0.3 is 6.03 Å². The van der Waals surface area contributed by atoms with Crippen LogP contribution in [0.1, 0.15) is 24.2 Å². The van der Waals surface area contributed by atoms with Gasteiger partial charge in [0.05, 0.1) is 5.02 Å². The molecule has 6 nitrogen and oxygen atoms in total. The van der Waals surface area contributed by atoms with E-state index in [1.54, 1.807) is 12.1 Å². The molecule has 28 heavy (non-hydrogen) atoms. The Morgan fingerprint density at radius 2 is 1.82 bits per heavy atom. The number of aromatic nitrogens is 1. The minimum atomic E-state index is -0.321. The molecule has 0 aliphatic heterocycles. The van der Waals surface area contributed by atoms with Crippen molar-refractivity contribution in [1.82, 2.24) is 4.98 Å². The normalized spacial score (nSPS) is 11.5. The number of nitrogens with zero attached hydrogens (tertiary/aromatic N) is 1. The maximum atomic E-state index is 12.2. The Bertz CT molecular complexity index is 976. The molecule has 0 aliphatic carbocycles. The van der Waals surface area contributed by atoms with Gasteiger partial charge in [0.25, 0.3) is 0 Å². The molecule has 1 unspecified atom stereocenters. The quantitative estimate of drug-likeness (QED) is 0.537. The molecule has 2 aromatic carbocycles. The van der Waals surface area contributed by atoms with Crippen LogP contribution in [0.5, 0.6) is 5.75 Å². The van der Waals surface area contributed by atoms with E-state index in [1.807, 2.05) is 56.3 Å². The number of urea groups is 1. The van der Waals surface area contributed by atoms with Crippen LogP contribution in [0.3, 0.4) is 0 Å². The number of nitrogen functional groups attached to an aromatic ring is 1. The zero-order valence-electron chi connectivity index (χ0n) is 15.6. The number of ether oxygens (including phenoxy) is 1. The molecule has 0 spiro atoms. The summed E-state index contributed by atoms with van der Waals surface area (Å²) in [6, 6.07) is 16.3. The summed E-state index contributed by atoms with van der Waals surface area (Å²) >= 11 is 5.95. The molecule has 144 valence electrons. The van der Waals surface area contributed by atoms with E-state index < -0.39 is 0 Å². The topological polar surface area (TPSA) is 89.3 Å². The van der Waals surface area contributed by atoms with Gasteiger partial charge < -0.3 is 21.1 Å². The predicted molar refractivity (Wildman–Crippen MR) is 113 cm³/mol. The van der Waals surface area contributed by atoms with Crippen LogP contribution in [0.15, 0.2) is 60.8 Å². The zero-order valence-corrected chi connectivity index (χ0v) is 16.3. The van der Waals surface area contributed by atoms with Gasteiger partial charge in [-0.1, -0.05) is 41.4 Å². The van der Waals surface area contributed by atoms with Crippen molar-refractivity contribution >= 4 is 34.8 Å². The van der Waals surface area contributed by atoms with Crippen molar-refractivity contribution in [2.24, 2.45) is 0 Å². The van der Waals surface area contributed by atoms with Gasteiger partial charge in [0, 0.05) is 23.6 Å². The number of rotatable bonds is 5. The van der Waals surface area contributed by atoms with Crippen molar-refractivity contribution in [1.29, 1.82) is 0 Å². The molecule has 0 fully saturated rings. The van der Waals surface area contributed by atoms with Gasteiger partial charge in [0.2, 0.25) is 0 Å². The van der Waals surface area contributed by atoms with E-state index in [0.717, 1.165) is 16.8 Å². The van der Waals surface area contributed by atoms with Gasteiger partial charge in [0.1, 0.15) is 6.10 Å². The van der Waals surface area contributed by atoms with Crippen molar-refractivity contribution in [2.75, 3.05) is 16.4 Å². The Labute approximate surface area is 168 Å². The number of nitrogens with one attached hydrogen (secondary N) is 2. The van der Waals surface area contributed by atoms with Crippen molar-refractivity contribution in [2.45, 2.75) is 20.0 Å². The van der Waals surface area contributed by atoms with Gasteiger partial charge in [-0.15, -0.1) is 0 Å². The lowest BCUT2D eigenvalue weighted by Crippen LogP contribution is -2.19. The van der Waals surface area contributed by atoms with Gasteiger partial charge in [-0.2, -0.15) is 0 Å². The minimum absolute atomic E-state index is 0.267. The lowest BCUT2D eigenvalue weighted by Gasteiger charge is -2.17. The van der Waals surface area contributed by atoms with Crippen LogP contribution in [-0.4, -0.2) is 11.0 Å². The Morgan fingerprint density at radius 3 is 2.57 bits per heavy atom. The molecule has 0 bridgehead atoms. The second-order valence-corrected chi connectivity index (χ2v) is 6.80. The first kappa shape index (κ1) is 19.5. The number of amides is 2. The molecule has 3 aromatic rings. The molecule has 0 aliphatic rings. The van der Waals surface area contributed by atoms with Crippen LogP contribution in [-0.2, 0) is 0 Å². The number of hydrogen-bond donors (Lipinski definition) is 3. The third-order valence-corrected chi connectivity index (χ3v) is 4.28. The van der Waals surface area contributed by atoms with Crippen molar-refractivity contribution in [3.8, 4) is 5.75 Å². The van der Waals surface area contributed by atoms with Gasteiger partial charge in [-0.25, -0.2) is 9.78 Å². The first-order chi connectivity index (χ1) is 13.4. The summed E-state index contributed by atoms with van der Waals surface area (Å²) in [6.45, 7) is 3.87. The number of halogens is 1. The molecule has 3 rings (SSSR count). The monoisotopic (exact) mass is 396 g/mol. The van der Waals surface area contributed by atoms with E-state index in [4.69, 9.17) is 22.1 Å². The van der Waals surface area contributed by atoms with Crippen molar-refractivity contribution < 1.29 is 9.53 Å². The maximum absolute atomic E-state index is 12.2. The molecular formula is C21H21ClN4O2. The third-order valence-electron chi connectivity index (χ3n) is 4.08. The summed E-state index contributed by atoms with van der Waals surface area (Å²) in [5.74, 6) is 0.679. The van der Waals surface area contributed by atoms with E-state index in [0.29, 0.717) is 16.5 Å². The molecule has 0 saturated carbocycles.